The minimum atomic E-state index is -1.01. The Bertz CT molecular complexity index is 1210. The Morgan fingerprint density at radius 2 is 1.68 bits per heavy atom. The quantitative estimate of drug-likeness (QED) is 0.176. The summed E-state index contributed by atoms with van der Waals surface area (Å²) >= 11 is 1.29. The van der Waals surface area contributed by atoms with Gasteiger partial charge in [-0.2, -0.15) is 0 Å². The lowest BCUT2D eigenvalue weighted by atomic mass is 10.0. The van der Waals surface area contributed by atoms with E-state index in [0.29, 0.717) is 11.3 Å². The highest BCUT2D eigenvalue weighted by molar-refractivity contribution is 7.12. The molecule has 222 valence electrons. The lowest BCUT2D eigenvalue weighted by Crippen LogP contribution is -2.55. The summed E-state index contributed by atoms with van der Waals surface area (Å²) in [5, 5.41) is 10.3. The topological polar surface area (TPSA) is 157 Å². The maximum Gasteiger partial charge on any atom is 0.330 e. The predicted octanol–water partition coefficient (Wildman–Crippen LogP) is 2.80. The number of amides is 4. The van der Waals surface area contributed by atoms with E-state index in [1.165, 1.54) is 23.5 Å². The number of esters is 1. The Morgan fingerprint density at radius 1 is 1.00 bits per heavy atom. The molecule has 0 aliphatic carbocycles. The smallest absolute Gasteiger partial charge is 0.330 e. The van der Waals surface area contributed by atoms with Crippen LogP contribution in [0.2, 0.25) is 0 Å². The van der Waals surface area contributed by atoms with Gasteiger partial charge in [0.25, 0.3) is 5.91 Å². The van der Waals surface area contributed by atoms with Crippen LogP contribution < -0.4 is 21.7 Å². The van der Waals surface area contributed by atoms with Crippen LogP contribution in [0.4, 0.5) is 0 Å². The Labute approximate surface area is 245 Å². The number of hydrogen-bond acceptors (Lipinski definition) is 7. The molecule has 0 radical (unpaired) electrons. The van der Waals surface area contributed by atoms with Gasteiger partial charge in [0.1, 0.15) is 12.1 Å². The van der Waals surface area contributed by atoms with Crippen LogP contribution >= 0.6 is 11.3 Å². The molecule has 5 N–H and O–H groups in total. The van der Waals surface area contributed by atoms with Crippen molar-refractivity contribution in [3.05, 3.63) is 69.9 Å². The third-order valence-corrected chi connectivity index (χ3v) is 7.03. The highest BCUT2D eigenvalue weighted by Gasteiger charge is 2.29. The Morgan fingerprint density at radius 3 is 2.27 bits per heavy atom. The average molecular weight is 585 g/mol. The number of aryl methyl sites for hydroxylation is 1. The van der Waals surface area contributed by atoms with E-state index in [4.69, 9.17) is 10.5 Å². The first kappa shape index (κ1) is 33.2. The SMILES string of the molecule is CCOC(=O)C=C[C@H](CCC(N)=O)NC(=O)[C@H](Cc1ccccc1)NC(=O)[C@H](CC(C)C)NC(=O)c1cc(C)cs1. The van der Waals surface area contributed by atoms with Crippen molar-refractivity contribution >= 4 is 40.9 Å². The molecule has 11 heteroatoms. The molecule has 0 spiro atoms. The van der Waals surface area contributed by atoms with E-state index in [1.54, 1.807) is 13.0 Å². The molecule has 0 saturated carbocycles. The van der Waals surface area contributed by atoms with Crippen molar-refractivity contribution in [1.82, 2.24) is 16.0 Å². The van der Waals surface area contributed by atoms with Gasteiger partial charge in [-0.3, -0.25) is 19.2 Å². The zero-order valence-corrected chi connectivity index (χ0v) is 24.8. The number of ether oxygens (including phenoxy) is 1. The van der Waals surface area contributed by atoms with E-state index < -0.39 is 41.8 Å². The number of carbonyl (C=O) groups excluding carboxylic acids is 5. The first-order valence-corrected chi connectivity index (χ1v) is 14.5. The van der Waals surface area contributed by atoms with Crippen LogP contribution in [-0.2, 0) is 30.3 Å². The van der Waals surface area contributed by atoms with Crippen LogP contribution in [0.1, 0.15) is 60.8 Å². The normalized spacial score (nSPS) is 13.3. The van der Waals surface area contributed by atoms with E-state index in [-0.39, 0.29) is 37.7 Å². The number of primary amides is 1. The first-order chi connectivity index (χ1) is 19.5. The van der Waals surface area contributed by atoms with Gasteiger partial charge in [-0.1, -0.05) is 50.3 Å². The fraction of sp³-hybridized carbons (Fsp3) is 0.433. The van der Waals surface area contributed by atoms with Gasteiger partial charge in [0.2, 0.25) is 17.7 Å². The van der Waals surface area contributed by atoms with Crippen molar-refractivity contribution in [3.63, 3.8) is 0 Å². The second-order valence-electron chi connectivity index (χ2n) is 10.1. The number of benzene rings is 1. The molecule has 0 aliphatic heterocycles. The van der Waals surface area contributed by atoms with Crippen LogP contribution in [-0.4, -0.2) is 54.3 Å². The second-order valence-corrected chi connectivity index (χ2v) is 11.0. The third kappa shape index (κ3) is 12.4. The summed E-state index contributed by atoms with van der Waals surface area (Å²) in [5.74, 6) is -2.43. The minimum Gasteiger partial charge on any atom is -0.463 e. The summed E-state index contributed by atoms with van der Waals surface area (Å²) in [6.45, 7) is 7.62. The van der Waals surface area contributed by atoms with E-state index in [2.05, 4.69) is 16.0 Å². The standard InChI is InChI=1S/C30H40N4O6S/c1-5-40-27(36)14-12-22(11-13-26(31)35)32-28(37)24(17-21-9-7-6-8-10-21)33-29(38)23(15-19(2)3)34-30(39)25-16-20(4)18-41-25/h6-10,12,14,16,18-19,22-24H,5,11,13,15,17H2,1-4H3,(H2,31,35)(H,32,37)(H,33,38)(H,34,39)/t22-,23-,24-/m0/s1. The molecule has 10 nitrogen and oxygen atoms in total. The second kappa shape index (κ2) is 17.0. The van der Waals surface area contributed by atoms with E-state index in [9.17, 15) is 24.0 Å². The van der Waals surface area contributed by atoms with Gasteiger partial charge in [0.15, 0.2) is 0 Å². The molecule has 0 saturated heterocycles. The zero-order valence-electron chi connectivity index (χ0n) is 24.0. The maximum atomic E-state index is 13.5. The first-order valence-electron chi connectivity index (χ1n) is 13.6. The van der Waals surface area contributed by atoms with Crippen LogP contribution in [0.3, 0.4) is 0 Å². The van der Waals surface area contributed by atoms with Crippen molar-refractivity contribution in [2.24, 2.45) is 11.7 Å². The van der Waals surface area contributed by atoms with Gasteiger partial charge in [-0.05, 0) is 55.2 Å². The molecule has 3 atom stereocenters. The number of thiophene rings is 1. The molecule has 1 aromatic carbocycles. The summed E-state index contributed by atoms with van der Waals surface area (Å²) in [6, 6.07) is 8.34. The Kier molecular flexibility index (Phi) is 13.7. The number of rotatable bonds is 16. The van der Waals surface area contributed by atoms with Crippen LogP contribution in [0.25, 0.3) is 0 Å². The van der Waals surface area contributed by atoms with Gasteiger partial charge in [0, 0.05) is 25.0 Å². The summed E-state index contributed by atoms with van der Waals surface area (Å²) in [7, 11) is 0. The molecule has 41 heavy (non-hydrogen) atoms. The molecule has 0 aliphatic rings. The maximum absolute atomic E-state index is 13.5. The lowest BCUT2D eigenvalue weighted by Gasteiger charge is -2.25. The van der Waals surface area contributed by atoms with Gasteiger partial charge in [0.05, 0.1) is 11.5 Å². The van der Waals surface area contributed by atoms with Crippen molar-refractivity contribution in [2.45, 2.75) is 71.5 Å². The zero-order chi connectivity index (χ0) is 30.4. The minimum absolute atomic E-state index is 0.0293. The molecule has 1 aromatic heterocycles. The van der Waals surface area contributed by atoms with Crippen LogP contribution in [0.15, 0.2) is 53.9 Å². The van der Waals surface area contributed by atoms with Crippen molar-refractivity contribution in [1.29, 1.82) is 0 Å². The number of hydrogen-bond donors (Lipinski definition) is 4. The van der Waals surface area contributed by atoms with Crippen molar-refractivity contribution in [2.75, 3.05) is 6.61 Å². The molecule has 1 heterocycles. The number of carbonyl (C=O) groups is 5. The van der Waals surface area contributed by atoms with Gasteiger partial charge in [-0.25, -0.2) is 4.79 Å². The number of nitrogens with one attached hydrogen (secondary N) is 3. The van der Waals surface area contributed by atoms with Crippen molar-refractivity contribution in [3.8, 4) is 0 Å². The highest BCUT2D eigenvalue weighted by atomic mass is 32.1. The molecule has 0 unspecified atom stereocenters. The van der Waals surface area contributed by atoms with Crippen molar-refractivity contribution < 1.29 is 28.7 Å². The average Bonchev–Trinajstić information content (AvgIpc) is 3.36. The number of nitrogens with two attached hydrogens (primary N) is 1. The molecular weight excluding hydrogens is 544 g/mol. The summed E-state index contributed by atoms with van der Waals surface area (Å²) in [5.41, 5.74) is 7.06. The Balaban J connectivity index is 2.27. The third-order valence-electron chi connectivity index (χ3n) is 5.98. The van der Waals surface area contributed by atoms with Gasteiger partial charge >= 0.3 is 5.97 Å². The van der Waals surface area contributed by atoms with E-state index >= 15 is 0 Å². The molecular formula is C30H40N4O6S. The Hall–Kier alpha value is -3.99. The molecule has 2 rings (SSSR count). The van der Waals surface area contributed by atoms with Crippen LogP contribution in [0, 0.1) is 12.8 Å². The molecule has 0 bridgehead atoms. The predicted molar refractivity (Wildman–Crippen MR) is 158 cm³/mol. The fourth-order valence-corrected chi connectivity index (χ4v) is 4.80. The summed E-state index contributed by atoms with van der Waals surface area (Å²) in [4.78, 5) is 63.6. The van der Waals surface area contributed by atoms with Gasteiger partial charge in [-0.15, -0.1) is 11.3 Å². The van der Waals surface area contributed by atoms with E-state index in [1.807, 2.05) is 56.5 Å². The highest BCUT2D eigenvalue weighted by Crippen LogP contribution is 2.15. The van der Waals surface area contributed by atoms with E-state index in [0.717, 1.165) is 11.1 Å². The fourth-order valence-electron chi connectivity index (χ4n) is 4.00. The monoisotopic (exact) mass is 584 g/mol. The molecule has 0 fully saturated rings. The lowest BCUT2D eigenvalue weighted by molar-refractivity contribution is -0.137. The van der Waals surface area contributed by atoms with Gasteiger partial charge < -0.3 is 26.4 Å². The van der Waals surface area contributed by atoms with Crippen LogP contribution in [0.5, 0.6) is 0 Å². The largest absolute Gasteiger partial charge is 0.463 e. The molecule has 4 amide bonds. The summed E-state index contributed by atoms with van der Waals surface area (Å²) in [6.07, 6.45) is 3.28. The summed E-state index contributed by atoms with van der Waals surface area (Å²) < 4.78 is 4.90. The molecule has 2 aromatic rings.